The van der Waals surface area contributed by atoms with Gasteiger partial charge in [-0.1, -0.05) is 23.7 Å². The number of amides is 1. The molecule has 1 heterocycles. The van der Waals surface area contributed by atoms with Crippen molar-refractivity contribution in [2.45, 2.75) is 6.54 Å². The Morgan fingerprint density at radius 1 is 1.10 bits per heavy atom. The lowest BCUT2D eigenvalue weighted by Gasteiger charge is -2.09. The SMILES string of the molecule is O=C(COC(=O)Cn1cnc2ccccc2c1=O)NCCOc1ccc(Cl)cc1. The third-order valence-electron chi connectivity index (χ3n) is 3.90. The molecule has 3 aromatic rings. The van der Waals surface area contributed by atoms with Gasteiger partial charge in [-0.15, -0.1) is 0 Å². The molecule has 29 heavy (non-hydrogen) atoms. The van der Waals surface area contributed by atoms with Gasteiger partial charge in [-0.2, -0.15) is 0 Å². The zero-order valence-corrected chi connectivity index (χ0v) is 16.1. The van der Waals surface area contributed by atoms with Crippen molar-refractivity contribution in [3.8, 4) is 5.75 Å². The second-order valence-electron chi connectivity index (χ2n) is 6.01. The van der Waals surface area contributed by atoms with Crippen molar-refractivity contribution in [2.24, 2.45) is 0 Å². The number of benzene rings is 2. The van der Waals surface area contributed by atoms with Crippen molar-refractivity contribution in [1.29, 1.82) is 0 Å². The molecule has 8 nitrogen and oxygen atoms in total. The zero-order valence-electron chi connectivity index (χ0n) is 15.3. The van der Waals surface area contributed by atoms with E-state index in [9.17, 15) is 14.4 Å². The van der Waals surface area contributed by atoms with Gasteiger partial charge in [0.05, 0.1) is 23.8 Å². The molecule has 9 heteroatoms. The minimum absolute atomic E-state index is 0.243. The standard InChI is InChI=1S/C20H18ClN3O5/c21-14-5-7-15(8-6-14)28-10-9-22-18(25)12-29-19(26)11-24-13-23-17-4-2-1-3-16(17)20(24)27/h1-8,13H,9-12H2,(H,22,25). The van der Waals surface area contributed by atoms with Crippen molar-refractivity contribution >= 4 is 34.4 Å². The summed E-state index contributed by atoms with van der Waals surface area (Å²) in [7, 11) is 0. The van der Waals surface area contributed by atoms with Crippen LogP contribution >= 0.6 is 11.6 Å². The lowest BCUT2D eigenvalue weighted by molar-refractivity contribution is -0.149. The van der Waals surface area contributed by atoms with E-state index in [2.05, 4.69) is 10.3 Å². The van der Waals surface area contributed by atoms with Crippen LogP contribution in [0.3, 0.4) is 0 Å². The summed E-state index contributed by atoms with van der Waals surface area (Å²) in [6.07, 6.45) is 1.28. The van der Waals surface area contributed by atoms with Crippen LogP contribution in [0.2, 0.25) is 5.02 Å². The number of halogens is 1. The van der Waals surface area contributed by atoms with E-state index in [4.69, 9.17) is 21.1 Å². The van der Waals surface area contributed by atoms with Crippen molar-refractivity contribution < 1.29 is 19.1 Å². The highest BCUT2D eigenvalue weighted by atomic mass is 35.5. The predicted octanol–water partition coefficient (Wildman–Crippen LogP) is 1.79. The van der Waals surface area contributed by atoms with E-state index in [0.29, 0.717) is 21.7 Å². The van der Waals surface area contributed by atoms with E-state index < -0.39 is 18.5 Å². The van der Waals surface area contributed by atoms with Gasteiger partial charge in [0.15, 0.2) is 6.61 Å². The number of fused-ring (bicyclic) bond motifs is 1. The van der Waals surface area contributed by atoms with Crippen LogP contribution in [-0.2, 0) is 20.9 Å². The molecule has 0 aliphatic rings. The Kier molecular flexibility index (Phi) is 6.80. The highest BCUT2D eigenvalue weighted by Crippen LogP contribution is 2.15. The summed E-state index contributed by atoms with van der Waals surface area (Å²) in [5, 5.41) is 3.58. The first-order valence-electron chi connectivity index (χ1n) is 8.78. The third kappa shape index (κ3) is 5.79. The van der Waals surface area contributed by atoms with E-state index in [1.165, 1.54) is 6.33 Å². The molecule has 0 bridgehead atoms. The Hall–Kier alpha value is -3.39. The number of carbonyl (C=O) groups is 2. The molecular weight excluding hydrogens is 398 g/mol. The smallest absolute Gasteiger partial charge is 0.326 e. The average Bonchev–Trinajstić information content (AvgIpc) is 2.73. The van der Waals surface area contributed by atoms with Gasteiger partial charge in [-0.05, 0) is 36.4 Å². The second-order valence-corrected chi connectivity index (χ2v) is 6.44. The molecular formula is C20H18ClN3O5. The van der Waals surface area contributed by atoms with Gasteiger partial charge in [-0.3, -0.25) is 19.0 Å². The predicted molar refractivity (Wildman–Crippen MR) is 107 cm³/mol. The molecule has 0 radical (unpaired) electrons. The summed E-state index contributed by atoms with van der Waals surface area (Å²) in [4.78, 5) is 40.1. The first-order valence-corrected chi connectivity index (χ1v) is 9.15. The van der Waals surface area contributed by atoms with Crippen LogP contribution in [0.25, 0.3) is 10.9 Å². The van der Waals surface area contributed by atoms with E-state index >= 15 is 0 Å². The highest BCUT2D eigenvalue weighted by molar-refractivity contribution is 6.30. The summed E-state index contributed by atoms with van der Waals surface area (Å²) >= 11 is 5.78. The Balaban J connectivity index is 1.40. The number of rotatable bonds is 8. The van der Waals surface area contributed by atoms with Gasteiger partial charge < -0.3 is 14.8 Å². The van der Waals surface area contributed by atoms with Gasteiger partial charge in [0.2, 0.25) is 0 Å². The number of hydrogen-bond acceptors (Lipinski definition) is 6. The fraction of sp³-hybridized carbons (Fsp3) is 0.200. The van der Waals surface area contributed by atoms with Crippen LogP contribution in [0.15, 0.2) is 59.7 Å². The summed E-state index contributed by atoms with van der Waals surface area (Å²) < 4.78 is 11.5. The fourth-order valence-corrected chi connectivity index (χ4v) is 2.62. The van der Waals surface area contributed by atoms with Crippen LogP contribution in [-0.4, -0.2) is 41.2 Å². The normalized spacial score (nSPS) is 10.5. The summed E-state index contributed by atoms with van der Waals surface area (Å²) in [5.74, 6) is -0.553. The number of esters is 1. The van der Waals surface area contributed by atoms with Crippen molar-refractivity contribution in [3.05, 3.63) is 70.2 Å². The van der Waals surface area contributed by atoms with Gasteiger partial charge in [0.1, 0.15) is 18.9 Å². The van der Waals surface area contributed by atoms with Gasteiger partial charge in [0, 0.05) is 5.02 Å². The number of aromatic nitrogens is 2. The van der Waals surface area contributed by atoms with E-state index in [-0.39, 0.29) is 25.3 Å². The largest absolute Gasteiger partial charge is 0.492 e. The maximum Gasteiger partial charge on any atom is 0.326 e. The maximum atomic E-state index is 12.3. The third-order valence-corrected chi connectivity index (χ3v) is 4.15. The van der Waals surface area contributed by atoms with Crippen molar-refractivity contribution in [2.75, 3.05) is 19.8 Å². The Labute approximate surface area is 171 Å². The lowest BCUT2D eigenvalue weighted by Crippen LogP contribution is -2.33. The quantitative estimate of drug-likeness (QED) is 0.445. The van der Waals surface area contributed by atoms with Crippen LogP contribution in [0.1, 0.15) is 0 Å². The van der Waals surface area contributed by atoms with Crippen LogP contribution in [0.5, 0.6) is 5.75 Å². The molecule has 0 aliphatic carbocycles. The minimum Gasteiger partial charge on any atom is -0.492 e. The molecule has 150 valence electrons. The molecule has 0 fully saturated rings. The molecule has 0 unspecified atom stereocenters. The molecule has 2 aromatic carbocycles. The maximum absolute atomic E-state index is 12.3. The average molecular weight is 416 g/mol. The summed E-state index contributed by atoms with van der Waals surface area (Å²) in [5.41, 5.74) is 0.193. The van der Waals surface area contributed by atoms with Crippen LogP contribution in [0, 0.1) is 0 Å². The number of nitrogens with one attached hydrogen (secondary N) is 1. The first kappa shape index (κ1) is 20.3. The molecule has 1 aromatic heterocycles. The summed E-state index contributed by atoms with van der Waals surface area (Å²) in [6, 6.07) is 13.7. The van der Waals surface area contributed by atoms with Crippen LogP contribution in [0.4, 0.5) is 0 Å². The molecule has 1 N–H and O–H groups in total. The Morgan fingerprint density at radius 2 is 1.86 bits per heavy atom. The molecule has 0 aliphatic heterocycles. The van der Waals surface area contributed by atoms with Gasteiger partial charge >= 0.3 is 5.97 Å². The van der Waals surface area contributed by atoms with E-state index in [1.807, 2.05) is 0 Å². The van der Waals surface area contributed by atoms with Gasteiger partial charge in [-0.25, -0.2) is 4.98 Å². The second kappa shape index (κ2) is 9.70. The topological polar surface area (TPSA) is 99.5 Å². The van der Waals surface area contributed by atoms with Crippen molar-refractivity contribution in [1.82, 2.24) is 14.9 Å². The lowest BCUT2D eigenvalue weighted by atomic mass is 10.2. The number of para-hydroxylation sites is 1. The Morgan fingerprint density at radius 3 is 2.66 bits per heavy atom. The molecule has 3 rings (SSSR count). The summed E-state index contributed by atoms with van der Waals surface area (Å²) in [6.45, 7) is -0.286. The van der Waals surface area contributed by atoms with Crippen molar-refractivity contribution in [3.63, 3.8) is 0 Å². The molecule has 0 atom stereocenters. The van der Waals surface area contributed by atoms with E-state index in [1.54, 1.807) is 48.5 Å². The molecule has 1 amide bonds. The minimum atomic E-state index is -0.711. The number of nitrogens with zero attached hydrogens (tertiary/aromatic N) is 2. The molecule has 0 saturated heterocycles. The van der Waals surface area contributed by atoms with Crippen LogP contribution < -0.4 is 15.6 Å². The zero-order chi connectivity index (χ0) is 20.6. The molecule has 0 saturated carbocycles. The first-order chi connectivity index (χ1) is 14.0. The Bertz CT molecular complexity index is 1070. The highest BCUT2D eigenvalue weighted by Gasteiger charge is 2.11. The van der Waals surface area contributed by atoms with E-state index in [0.717, 1.165) is 4.57 Å². The molecule has 0 spiro atoms. The fourth-order valence-electron chi connectivity index (χ4n) is 2.49. The number of ether oxygens (including phenoxy) is 2. The monoisotopic (exact) mass is 415 g/mol. The number of hydrogen-bond donors (Lipinski definition) is 1. The number of carbonyl (C=O) groups excluding carboxylic acids is 2. The van der Waals surface area contributed by atoms with Gasteiger partial charge in [0.25, 0.3) is 11.5 Å².